The second-order valence-corrected chi connectivity index (χ2v) is 8.08. The van der Waals surface area contributed by atoms with E-state index in [1.165, 1.54) is 5.57 Å². The van der Waals surface area contributed by atoms with Gasteiger partial charge in [-0.1, -0.05) is 57.4 Å². The van der Waals surface area contributed by atoms with Crippen LogP contribution in [-0.4, -0.2) is 16.7 Å². The zero-order valence-corrected chi connectivity index (χ0v) is 20.1. The van der Waals surface area contributed by atoms with E-state index in [0.717, 1.165) is 6.42 Å². The summed E-state index contributed by atoms with van der Waals surface area (Å²) in [6.07, 6.45) is 12.5. The molecule has 1 aliphatic rings. The molecule has 0 aromatic carbocycles. The first-order valence-corrected chi connectivity index (χ1v) is 10.0. The molecule has 2 atom stereocenters. The van der Waals surface area contributed by atoms with Crippen LogP contribution in [0.5, 0.6) is 0 Å². The van der Waals surface area contributed by atoms with Crippen LogP contribution in [0.2, 0.25) is 0 Å². The summed E-state index contributed by atoms with van der Waals surface area (Å²) in [5.41, 5.74) is 1.62. The van der Waals surface area contributed by atoms with Crippen LogP contribution in [0.3, 0.4) is 0 Å². The molecule has 0 spiro atoms. The van der Waals surface area contributed by atoms with Crippen molar-refractivity contribution in [3.05, 3.63) is 23.8 Å². The predicted octanol–water partition coefficient (Wildman–Crippen LogP) is 6.48. The van der Waals surface area contributed by atoms with Crippen molar-refractivity contribution in [3.8, 4) is 83.4 Å². The molecule has 0 aromatic rings. The molecule has 0 saturated heterocycles. The number of allylic oxidation sites excluding steroid dienone is 3. The highest BCUT2D eigenvalue weighted by Gasteiger charge is 2.33. The third kappa shape index (κ3) is 12.1. The zero-order chi connectivity index (χ0) is 23.8. The average molecular weight is 447 g/mol. The van der Waals surface area contributed by atoms with Gasteiger partial charge in [0, 0.05) is 21.1 Å². The van der Waals surface area contributed by atoms with Crippen molar-refractivity contribution in [3.63, 3.8) is 0 Å². The Hall–Kier alpha value is -3.68. The molecule has 0 bridgehead atoms. The van der Waals surface area contributed by atoms with Crippen molar-refractivity contribution < 1.29 is 26.3 Å². The minimum Gasteiger partial charge on any atom is -0.412 e. The van der Waals surface area contributed by atoms with E-state index in [4.69, 9.17) is 6.42 Å². The summed E-state index contributed by atoms with van der Waals surface area (Å²) in [7, 11) is 0. The first-order chi connectivity index (χ1) is 14.6. The van der Waals surface area contributed by atoms with Gasteiger partial charge in [-0.15, -0.1) is 6.42 Å². The maximum Gasteiger partial charge on any atom is 0.0597 e. The Balaban J connectivity index is -0.0000000298. The Morgan fingerprint density at radius 1 is 1.03 bits per heavy atom. The molecule has 32 heavy (non-hydrogen) atoms. The van der Waals surface area contributed by atoms with Crippen molar-refractivity contribution in [1.82, 2.24) is 0 Å². The highest BCUT2D eigenvalue weighted by molar-refractivity contribution is 5.44. The van der Waals surface area contributed by atoms with Crippen molar-refractivity contribution >= 4 is 0 Å². The van der Waals surface area contributed by atoms with Gasteiger partial charge in [0.05, 0.1) is 6.10 Å². The number of terminal acetylenes is 1. The van der Waals surface area contributed by atoms with Crippen LogP contribution >= 0.6 is 0 Å². The Kier molecular flexibility index (Phi) is 15.3. The quantitative estimate of drug-likeness (QED) is 0.391. The first kappa shape index (κ1) is 30.5. The number of aliphatic hydroxyl groups excluding tert-OH is 1. The van der Waals surface area contributed by atoms with E-state index in [9.17, 15) is 5.11 Å². The van der Waals surface area contributed by atoms with Gasteiger partial charge in [0.15, 0.2) is 0 Å². The lowest BCUT2D eigenvalue weighted by Gasteiger charge is -2.29. The SMILES string of the molecule is C#CC#CC#CC#CC#CC#CC#CC.CC1=CCC(/C=C/C(C)(C)C(C)O)C1(C)C.O.[HH].[HH].[HH].[HH].[HH].[HH].[HH].[HH].[HH].[HH].[HH]. The number of hydrogen-bond donors (Lipinski definition) is 1. The smallest absolute Gasteiger partial charge is 0.0597 e. The van der Waals surface area contributed by atoms with Gasteiger partial charge >= 0.3 is 0 Å². The molecule has 3 N–H and O–H groups in total. The molecule has 2 unspecified atom stereocenters. The van der Waals surface area contributed by atoms with E-state index in [-0.39, 0.29) is 38.1 Å². The van der Waals surface area contributed by atoms with Crippen LogP contribution < -0.4 is 0 Å². The van der Waals surface area contributed by atoms with Gasteiger partial charge in [0.2, 0.25) is 0 Å². The molecule has 0 fully saturated rings. The zero-order valence-electron chi connectivity index (χ0n) is 20.1. The monoisotopic (exact) mass is 446 g/mol. The summed E-state index contributed by atoms with van der Waals surface area (Å²) in [4.78, 5) is 0. The van der Waals surface area contributed by atoms with Gasteiger partial charge in [0.1, 0.15) is 0 Å². The van der Waals surface area contributed by atoms with Crippen molar-refractivity contribution in [2.45, 2.75) is 61.0 Å². The summed E-state index contributed by atoms with van der Waals surface area (Å²) >= 11 is 0. The van der Waals surface area contributed by atoms with Gasteiger partial charge in [-0.2, -0.15) is 0 Å². The first-order valence-electron chi connectivity index (χ1n) is 10.0. The fourth-order valence-electron chi connectivity index (χ4n) is 2.36. The molecule has 186 valence electrons. The topological polar surface area (TPSA) is 51.7 Å². The Labute approximate surface area is 212 Å². The summed E-state index contributed by atoms with van der Waals surface area (Å²) in [6.45, 7) is 14.5. The Morgan fingerprint density at radius 2 is 1.47 bits per heavy atom. The molecular weight excluding hydrogens is 392 g/mol. The van der Waals surface area contributed by atoms with E-state index in [1.807, 2.05) is 6.92 Å². The number of aliphatic hydroxyl groups is 1. The van der Waals surface area contributed by atoms with Gasteiger partial charge in [0.25, 0.3) is 0 Å². The maximum absolute atomic E-state index is 9.67. The molecule has 0 saturated carbocycles. The van der Waals surface area contributed by atoms with Crippen LogP contribution in [0.1, 0.15) is 70.6 Å². The fraction of sp³-hybridized carbons (Fsp3) is 0.400. The van der Waals surface area contributed by atoms with E-state index in [2.05, 4.69) is 130 Å². The number of rotatable bonds is 3. The highest BCUT2D eigenvalue weighted by atomic mass is 16.3. The average Bonchev–Trinajstić information content (AvgIpc) is 2.97. The minimum atomic E-state index is -0.303. The van der Waals surface area contributed by atoms with Crippen LogP contribution in [0, 0.1) is 100 Å². The summed E-state index contributed by atoms with van der Waals surface area (Å²) in [5.74, 6) is 32.5. The van der Waals surface area contributed by atoms with Crippen molar-refractivity contribution in [1.29, 1.82) is 0 Å². The molecule has 1 rings (SSSR count). The van der Waals surface area contributed by atoms with Crippen molar-refractivity contribution in [2.75, 3.05) is 0 Å². The van der Waals surface area contributed by atoms with Gasteiger partial charge in [-0.05, 0) is 110 Å². The lowest BCUT2D eigenvalue weighted by Crippen LogP contribution is -2.25. The summed E-state index contributed by atoms with van der Waals surface area (Å²) < 4.78 is 0. The molecule has 0 amide bonds. The highest BCUT2D eigenvalue weighted by Crippen LogP contribution is 2.44. The van der Waals surface area contributed by atoms with Crippen molar-refractivity contribution in [2.24, 2.45) is 16.7 Å². The molecule has 1 aliphatic carbocycles. The Bertz CT molecular complexity index is 1130. The van der Waals surface area contributed by atoms with Gasteiger partial charge in [-0.25, -0.2) is 0 Å². The molecule has 0 heterocycles. The lowest BCUT2D eigenvalue weighted by atomic mass is 9.76. The van der Waals surface area contributed by atoms with Crippen LogP contribution in [0.4, 0.5) is 0 Å². The van der Waals surface area contributed by atoms with E-state index in [1.54, 1.807) is 6.92 Å². The number of hydrogen-bond acceptors (Lipinski definition) is 1. The van der Waals surface area contributed by atoms with Gasteiger partial charge in [-0.3, -0.25) is 0 Å². The second kappa shape index (κ2) is 16.1. The molecule has 2 nitrogen and oxygen atoms in total. The van der Waals surface area contributed by atoms with E-state index in [0.29, 0.717) is 5.92 Å². The summed E-state index contributed by atoms with van der Waals surface area (Å²) in [5, 5.41) is 9.67. The molecule has 2 heteroatoms. The largest absolute Gasteiger partial charge is 0.412 e. The molecular formula is C30H54O2. The minimum absolute atomic E-state index is 0. The third-order valence-electron chi connectivity index (χ3n) is 5.28. The predicted molar refractivity (Wildman–Crippen MR) is 158 cm³/mol. The van der Waals surface area contributed by atoms with Crippen LogP contribution in [0.25, 0.3) is 0 Å². The maximum atomic E-state index is 9.67. The third-order valence-corrected chi connectivity index (χ3v) is 5.28. The summed E-state index contributed by atoms with van der Waals surface area (Å²) in [6, 6.07) is 0. The van der Waals surface area contributed by atoms with Crippen LogP contribution in [0.15, 0.2) is 23.8 Å². The van der Waals surface area contributed by atoms with Crippen LogP contribution in [-0.2, 0) is 0 Å². The normalized spacial score (nSPS) is 15.3. The van der Waals surface area contributed by atoms with Gasteiger partial charge < -0.3 is 10.6 Å². The Morgan fingerprint density at radius 3 is 1.81 bits per heavy atom. The fourth-order valence-corrected chi connectivity index (χ4v) is 2.36. The lowest BCUT2D eigenvalue weighted by molar-refractivity contribution is 0.0989. The van der Waals surface area contributed by atoms with E-state index >= 15 is 0 Å². The molecule has 0 radical (unpaired) electrons. The van der Waals surface area contributed by atoms with E-state index < -0.39 is 0 Å². The second-order valence-electron chi connectivity index (χ2n) is 8.08. The molecule has 0 aromatic heterocycles. The molecule has 0 aliphatic heterocycles. The standard InChI is InChI=1S/C15H26O.C15H4.H2O.11H2/c1-11-7-8-13(15(11,5)6)9-10-14(3,4)12(2)16;1-3-5-7-9-11-13-15-14-12-10-8-6-4-2;;;;;;;;;;;;/h7,9-10,12-13,16H,8H2,1-6H3;1H,2H3;1H2;11*1H/b10-9+;;;;;;;;;;;;;.